The zero-order valence-electron chi connectivity index (χ0n) is 15.7. The van der Waals surface area contributed by atoms with E-state index in [9.17, 15) is 9.18 Å². The number of ether oxygens (including phenoxy) is 1. The number of nitrogens with one attached hydrogen (secondary N) is 1. The molecule has 2 heterocycles. The van der Waals surface area contributed by atoms with Gasteiger partial charge in [-0.05, 0) is 54.1 Å². The molecule has 7 heteroatoms. The highest BCUT2D eigenvalue weighted by Crippen LogP contribution is 2.24. The summed E-state index contributed by atoms with van der Waals surface area (Å²) in [6.07, 6.45) is 0.0513. The van der Waals surface area contributed by atoms with Gasteiger partial charge in [-0.3, -0.25) is 4.79 Å². The molecule has 3 N–H and O–H groups in total. The Kier molecular flexibility index (Phi) is 5.29. The first-order valence-corrected chi connectivity index (χ1v) is 9.34. The van der Waals surface area contributed by atoms with Gasteiger partial charge in [0.1, 0.15) is 29.3 Å². The van der Waals surface area contributed by atoms with Crippen molar-refractivity contribution in [2.24, 2.45) is 5.73 Å². The number of hydrogen-bond donors (Lipinski definition) is 2. The molecule has 1 amide bonds. The van der Waals surface area contributed by atoms with Crippen molar-refractivity contribution >= 4 is 17.5 Å². The molecule has 0 atom stereocenters. The lowest BCUT2D eigenvalue weighted by Crippen LogP contribution is -2.54. The summed E-state index contributed by atoms with van der Waals surface area (Å²) >= 11 is 0. The summed E-state index contributed by atoms with van der Waals surface area (Å²) in [5.41, 5.74) is 6.76. The summed E-state index contributed by atoms with van der Waals surface area (Å²) in [7, 11) is 0. The molecule has 0 aliphatic carbocycles. The summed E-state index contributed by atoms with van der Waals surface area (Å²) in [4.78, 5) is 18.1. The number of carbonyl (C=O) groups is 1. The summed E-state index contributed by atoms with van der Waals surface area (Å²) in [5, 5.41) is 3.27. The van der Waals surface area contributed by atoms with Gasteiger partial charge in [0.2, 0.25) is 5.91 Å². The molecule has 1 aliphatic heterocycles. The molecular formula is C22H21FN4O2. The normalized spacial score (nSPS) is 13.6. The van der Waals surface area contributed by atoms with E-state index in [0.29, 0.717) is 30.9 Å². The Morgan fingerprint density at radius 3 is 2.66 bits per heavy atom. The van der Waals surface area contributed by atoms with Crippen molar-refractivity contribution in [2.45, 2.75) is 12.6 Å². The van der Waals surface area contributed by atoms with Gasteiger partial charge in [0, 0.05) is 12.1 Å². The Morgan fingerprint density at radius 1 is 1.14 bits per heavy atom. The summed E-state index contributed by atoms with van der Waals surface area (Å²) in [6, 6.07) is 19.0. The molecule has 0 unspecified atom stereocenters. The molecule has 0 spiro atoms. The van der Waals surface area contributed by atoms with E-state index in [1.165, 1.54) is 12.1 Å². The number of rotatable bonds is 7. The van der Waals surface area contributed by atoms with Gasteiger partial charge in [0.15, 0.2) is 0 Å². The molecule has 3 aromatic rings. The highest BCUT2D eigenvalue weighted by atomic mass is 19.1. The minimum Gasteiger partial charge on any atom is -0.487 e. The topological polar surface area (TPSA) is 80.5 Å². The van der Waals surface area contributed by atoms with Crippen LogP contribution < -0.4 is 20.7 Å². The second kappa shape index (κ2) is 8.18. The van der Waals surface area contributed by atoms with Crippen molar-refractivity contribution in [3.05, 3.63) is 83.7 Å². The fourth-order valence-corrected chi connectivity index (χ4v) is 3.13. The summed E-state index contributed by atoms with van der Waals surface area (Å²) in [5.74, 6) is 1.55. The van der Waals surface area contributed by atoms with E-state index in [-0.39, 0.29) is 11.9 Å². The zero-order valence-corrected chi connectivity index (χ0v) is 15.7. The van der Waals surface area contributed by atoms with Crippen molar-refractivity contribution in [1.82, 2.24) is 4.98 Å². The standard InChI is InChI=1S/C22H21FN4O2/c23-17-7-9-18(10-8-17)29-19-13-27(14-19)21-6-2-5-20(26-21)25-12-15-3-1-4-16(11-15)22(24)28/h1-11,19H,12-14H2,(H2,24,28)(H,25,26). The van der Waals surface area contributed by atoms with E-state index in [1.807, 2.05) is 30.3 Å². The Morgan fingerprint density at radius 2 is 1.90 bits per heavy atom. The molecule has 0 saturated carbocycles. The van der Waals surface area contributed by atoms with Crippen molar-refractivity contribution in [3.8, 4) is 5.75 Å². The van der Waals surface area contributed by atoms with Gasteiger partial charge in [0.25, 0.3) is 0 Å². The van der Waals surface area contributed by atoms with Gasteiger partial charge in [-0.15, -0.1) is 0 Å². The van der Waals surface area contributed by atoms with E-state index in [2.05, 4.69) is 15.2 Å². The molecule has 1 aliphatic rings. The van der Waals surface area contributed by atoms with Gasteiger partial charge in [0.05, 0.1) is 13.1 Å². The Balaban J connectivity index is 1.32. The number of amides is 1. The molecule has 1 fully saturated rings. The molecule has 0 radical (unpaired) electrons. The van der Waals surface area contributed by atoms with Crippen LogP contribution in [0.25, 0.3) is 0 Å². The van der Waals surface area contributed by atoms with Crippen molar-refractivity contribution < 1.29 is 13.9 Å². The molecule has 4 rings (SSSR count). The first-order valence-electron chi connectivity index (χ1n) is 9.34. The minimum absolute atomic E-state index is 0.0513. The van der Waals surface area contributed by atoms with E-state index >= 15 is 0 Å². The number of anilines is 2. The second-order valence-electron chi connectivity index (χ2n) is 6.90. The second-order valence-corrected chi connectivity index (χ2v) is 6.90. The zero-order chi connectivity index (χ0) is 20.2. The third-order valence-corrected chi connectivity index (χ3v) is 4.71. The minimum atomic E-state index is -0.442. The van der Waals surface area contributed by atoms with Crippen molar-refractivity contribution in [2.75, 3.05) is 23.3 Å². The Labute approximate surface area is 168 Å². The van der Waals surface area contributed by atoms with Crippen LogP contribution in [0.15, 0.2) is 66.7 Å². The van der Waals surface area contributed by atoms with Crippen molar-refractivity contribution in [3.63, 3.8) is 0 Å². The molecule has 1 aromatic heterocycles. The number of nitrogens with zero attached hydrogens (tertiary/aromatic N) is 2. The molecule has 0 bridgehead atoms. The van der Waals surface area contributed by atoms with Gasteiger partial charge in [-0.2, -0.15) is 0 Å². The van der Waals surface area contributed by atoms with Crippen LogP contribution in [0.4, 0.5) is 16.0 Å². The lowest BCUT2D eigenvalue weighted by atomic mass is 10.1. The fraction of sp³-hybridized carbons (Fsp3) is 0.182. The molecule has 2 aromatic carbocycles. The van der Waals surface area contributed by atoms with Crippen LogP contribution in [0.5, 0.6) is 5.75 Å². The van der Waals surface area contributed by atoms with Gasteiger partial charge in [-0.1, -0.05) is 18.2 Å². The number of nitrogens with two attached hydrogens (primary N) is 1. The first-order chi connectivity index (χ1) is 14.1. The van der Waals surface area contributed by atoms with Crippen LogP contribution in [0.1, 0.15) is 15.9 Å². The average molecular weight is 392 g/mol. The van der Waals surface area contributed by atoms with Crippen LogP contribution in [-0.2, 0) is 6.54 Å². The lowest BCUT2D eigenvalue weighted by molar-refractivity contribution is 0.1000. The number of primary amides is 1. The maximum Gasteiger partial charge on any atom is 0.248 e. The summed E-state index contributed by atoms with van der Waals surface area (Å²) < 4.78 is 18.8. The number of aromatic nitrogens is 1. The molecular weight excluding hydrogens is 371 g/mol. The van der Waals surface area contributed by atoms with Gasteiger partial charge in [-0.25, -0.2) is 9.37 Å². The molecule has 148 valence electrons. The van der Waals surface area contributed by atoms with Crippen LogP contribution in [0.2, 0.25) is 0 Å². The fourth-order valence-electron chi connectivity index (χ4n) is 3.13. The van der Waals surface area contributed by atoms with Crippen LogP contribution in [0.3, 0.4) is 0 Å². The smallest absolute Gasteiger partial charge is 0.248 e. The maximum absolute atomic E-state index is 13.0. The third-order valence-electron chi connectivity index (χ3n) is 4.71. The number of pyridine rings is 1. The van der Waals surface area contributed by atoms with Gasteiger partial charge < -0.3 is 20.7 Å². The van der Waals surface area contributed by atoms with Crippen molar-refractivity contribution in [1.29, 1.82) is 0 Å². The van der Waals surface area contributed by atoms with Crippen LogP contribution in [0, 0.1) is 5.82 Å². The van der Waals surface area contributed by atoms with Crippen LogP contribution in [-0.4, -0.2) is 30.1 Å². The molecule has 29 heavy (non-hydrogen) atoms. The number of carbonyl (C=O) groups excluding carboxylic acids is 1. The average Bonchev–Trinajstić information content (AvgIpc) is 2.70. The quantitative estimate of drug-likeness (QED) is 0.645. The SMILES string of the molecule is NC(=O)c1cccc(CNc2cccc(N3CC(Oc4ccc(F)cc4)C3)n2)c1. The van der Waals surface area contributed by atoms with Gasteiger partial charge >= 0.3 is 0 Å². The summed E-state index contributed by atoms with van der Waals surface area (Å²) in [6.45, 7) is 1.97. The van der Waals surface area contributed by atoms with E-state index in [4.69, 9.17) is 10.5 Å². The maximum atomic E-state index is 13.0. The highest BCUT2D eigenvalue weighted by molar-refractivity contribution is 5.92. The number of hydrogen-bond acceptors (Lipinski definition) is 5. The van der Waals surface area contributed by atoms with E-state index in [0.717, 1.165) is 17.2 Å². The highest BCUT2D eigenvalue weighted by Gasteiger charge is 2.29. The number of benzene rings is 2. The Bertz CT molecular complexity index is 1000. The molecule has 6 nitrogen and oxygen atoms in total. The van der Waals surface area contributed by atoms with E-state index in [1.54, 1.807) is 24.3 Å². The van der Waals surface area contributed by atoms with E-state index < -0.39 is 5.91 Å². The first kappa shape index (κ1) is 18.7. The largest absolute Gasteiger partial charge is 0.487 e. The third kappa shape index (κ3) is 4.63. The lowest BCUT2D eigenvalue weighted by Gasteiger charge is -2.39. The Hall–Kier alpha value is -3.61. The molecule has 1 saturated heterocycles. The van der Waals surface area contributed by atoms with Crippen LogP contribution >= 0.6 is 0 Å². The number of halogens is 1. The predicted molar refractivity (Wildman–Crippen MR) is 110 cm³/mol. The monoisotopic (exact) mass is 392 g/mol. The predicted octanol–water partition coefficient (Wildman–Crippen LogP) is 3.20.